The molecule has 1 aliphatic heterocycles. The summed E-state index contributed by atoms with van der Waals surface area (Å²) in [6.07, 6.45) is 0.333. The molecule has 0 aliphatic carbocycles. The maximum absolute atomic E-state index is 13.1. The largest absolute Gasteiger partial charge is 0.392 e. The van der Waals surface area contributed by atoms with Crippen LogP contribution in [0.4, 0.5) is 11.4 Å². The highest BCUT2D eigenvalue weighted by Gasteiger charge is 2.38. The first-order valence-electron chi connectivity index (χ1n) is 15.0. The van der Waals surface area contributed by atoms with Crippen LogP contribution in [0, 0.1) is 5.92 Å². The van der Waals surface area contributed by atoms with Crippen molar-refractivity contribution in [3.63, 3.8) is 0 Å². The second kappa shape index (κ2) is 14.2. The number of nitrogens with one attached hydrogen (secondary N) is 2. The number of carbonyl (C=O) groups excluding carboxylic acids is 2. The van der Waals surface area contributed by atoms with Gasteiger partial charge in [0.25, 0.3) is 5.91 Å². The number of hydrogen-bond acceptors (Lipinski definition) is 8. The fourth-order valence-corrected chi connectivity index (χ4v) is 6.42. The Kier molecular flexibility index (Phi) is 9.70. The van der Waals surface area contributed by atoms with Gasteiger partial charge in [-0.15, -0.1) is 11.8 Å². The van der Waals surface area contributed by atoms with E-state index in [2.05, 4.69) is 27.5 Å². The van der Waals surface area contributed by atoms with E-state index in [0.29, 0.717) is 17.0 Å². The summed E-state index contributed by atoms with van der Waals surface area (Å²) in [6, 6.07) is 30.4. The lowest BCUT2D eigenvalue weighted by Gasteiger charge is -2.41. The van der Waals surface area contributed by atoms with Crippen molar-refractivity contribution in [2.75, 3.05) is 16.4 Å². The third-order valence-corrected chi connectivity index (χ3v) is 8.91. The number of thioether (sulfide) groups is 1. The highest BCUT2D eigenvalue weighted by atomic mass is 32.2. The zero-order valence-electron chi connectivity index (χ0n) is 25.4. The first kappa shape index (κ1) is 31.4. The number of fused-ring (bicyclic) bond motifs is 1. The van der Waals surface area contributed by atoms with E-state index in [1.807, 2.05) is 97.1 Å². The molecule has 6 rings (SSSR count). The minimum Gasteiger partial charge on any atom is -0.392 e. The molecule has 5 aromatic rings. The van der Waals surface area contributed by atoms with E-state index in [0.717, 1.165) is 32.8 Å². The fraction of sp³-hybridized carbons (Fsp3) is 0.222. The Bertz CT molecular complexity index is 1830. The molecule has 3 N–H and O–H groups in total. The number of rotatable bonds is 9. The Hall–Kier alpha value is -4.61. The summed E-state index contributed by atoms with van der Waals surface area (Å²) >= 11 is 1.67. The summed E-state index contributed by atoms with van der Waals surface area (Å²) < 4.78 is 13.2. The van der Waals surface area contributed by atoms with E-state index in [1.54, 1.807) is 11.8 Å². The van der Waals surface area contributed by atoms with Crippen molar-refractivity contribution >= 4 is 46.0 Å². The highest BCUT2D eigenvalue weighted by Crippen LogP contribution is 2.43. The molecular weight excluding hydrogens is 600 g/mol. The fourth-order valence-electron chi connectivity index (χ4n) is 5.35. The summed E-state index contributed by atoms with van der Waals surface area (Å²) in [6.45, 7) is 3.57. The number of aliphatic hydroxyl groups is 1. The number of benzene rings is 4. The zero-order valence-corrected chi connectivity index (χ0v) is 26.2. The zero-order chi connectivity index (χ0) is 32.0. The monoisotopic (exact) mass is 634 g/mol. The number of aliphatic hydroxyl groups excluding tert-OH is 1. The normalized spacial score (nSPS) is 19.5. The van der Waals surface area contributed by atoms with Crippen LogP contribution >= 0.6 is 11.8 Å². The average Bonchev–Trinajstić information content (AvgIpc) is 3.08. The molecule has 4 aromatic carbocycles. The quantitative estimate of drug-likeness (QED) is 0.150. The first-order chi connectivity index (χ1) is 22.4. The molecular formula is C36H34N4O5S. The van der Waals surface area contributed by atoms with Crippen LogP contribution in [-0.4, -0.2) is 38.7 Å². The van der Waals surface area contributed by atoms with Crippen molar-refractivity contribution in [2.45, 2.75) is 43.8 Å². The van der Waals surface area contributed by atoms with Crippen LogP contribution in [0.1, 0.15) is 53.4 Å². The molecule has 234 valence electrons. The Morgan fingerprint density at radius 2 is 1.61 bits per heavy atom. The molecule has 4 atom stereocenters. The smallest absolute Gasteiger partial charge is 0.275 e. The minimum absolute atomic E-state index is 0.0109. The molecule has 10 heteroatoms. The second-order valence-electron chi connectivity index (χ2n) is 11.2. The van der Waals surface area contributed by atoms with Crippen LogP contribution in [0.2, 0.25) is 0 Å². The van der Waals surface area contributed by atoms with Crippen LogP contribution in [0.15, 0.2) is 108 Å². The van der Waals surface area contributed by atoms with Gasteiger partial charge in [-0.05, 0) is 59.7 Å². The van der Waals surface area contributed by atoms with Crippen molar-refractivity contribution in [2.24, 2.45) is 5.92 Å². The number of carbonyl (C=O) groups is 2. The maximum atomic E-state index is 13.1. The molecule has 4 unspecified atom stereocenters. The lowest BCUT2D eigenvalue weighted by Crippen LogP contribution is -2.38. The number of amides is 2. The number of hydrogen-bond donors (Lipinski definition) is 3. The number of aromatic nitrogens is 2. The second-order valence-corrected chi connectivity index (χ2v) is 12.3. The van der Waals surface area contributed by atoms with Crippen LogP contribution in [0.3, 0.4) is 0 Å². The summed E-state index contributed by atoms with van der Waals surface area (Å²) in [5, 5.41) is 15.3. The van der Waals surface area contributed by atoms with E-state index < -0.39 is 6.29 Å². The third kappa shape index (κ3) is 7.43. The summed E-state index contributed by atoms with van der Waals surface area (Å²) in [5.41, 5.74) is 5.50. The molecule has 2 heterocycles. The van der Waals surface area contributed by atoms with Crippen molar-refractivity contribution in [1.82, 2.24) is 9.97 Å². The SMILES string of the molecule is CC(=O)Nc1ccc(SCC2OC(c3cccc(NC(=O)c4cnc5ccccc5n4)c3)OC(c3ccc(CO)cc3)C2C)cc1. The van der Waals surface area contributed by atoms with Gasteiger partial charge in [0.2, 0.25) is 5.91 Å². The topological polar surface area (TPSA) is 123 Å². The molecule has 1 saturated heterocycles. The van der Waals surface area contributed by atoms with Crippen LogP contribution in [-0.2, 0) is 20.9 Å². The van der Waals surface area contributed by atoms with Gasteiger partial charge in [-0.3, -0.25) is 14.6 Å². The van der Waals surface area contributed by atoms with E-state index in [-0.39, 0.29) is 42.2 Å². The molecule has 46 heavy (non-hydrogen) atoms. The van der Waals surface area contributed by atoms with Crippen molar-refractivity contribution in [3.8, 4) is 0 Å². The van der Waals surface area contributed by atoms with E-state index in [1.165, 1.54) is 13.1 Å². The average molecular weight is 635 g/mol. The van der Waals surface area contributed by atoms with Crippen LogP contribution in [0.25, 0.3) is 11.0 Å². The third-order valence-electron chi connectivity index (χ3n) is 7.81. The molecule has 0 bridgehead atoms. The number of ether oxygens (including phenoxy) is 2. The van der Waals surface area contributed by atoms with Gasteiger partial charge in [0.1, 0.15) is 5.69 Å². The Morgan fingerprint density at radius 1 is 0.848 bits per heavy atom. The van der Waals surface area contributed by atoms with Gasteiger partial charge < -0.3 is 25.2 Å². The lowest BCUT2D eigenvalue weighted by atomic mass is 9.91. The van der Waals surface area contributed by atoms with Crippen molar-refractivity contribution in [1.29, 1.82) is 0 Å². The van der Waals surface area contributed by atoms with E-state index in [9.17, 15) is 14.7 Å². The first-order valence-corrected chi connectivity index (χ1v) is 16.0. The Morgan fingerprint density at radius 3 is 2.35 bits per heavy atom. The van der Waals surface area contributed by atoms with Crippen LogP contribution < -0.4 is 10.6 Å². The number of nitrogens with zero attached hydrogens (tertiary/aromatic N) is 2. The van der Waals surface area contributed by atoms with Gasteiger partial charge in [-0.25, -0.2) is 4.98 Å². The summed E-state index contributed by atoms with van der Waals surface area (Å²) in [4.78, 5) is 34.4. The van der Waals surface area contributed by atoms with Gasteiger partial charge in [-0.2, -0.15) is 0 Å². The summed E-state index contributed by atoms with van der Waals surface area (Å²) in [5.74, 6) is 0.204. The Labute approximate surface area is 271 Å². The molecule has 1 aliphatic rings. The standard InChI is InChI=1S/C36H34N4O5S/c1-22-33(21-46-29-16-14-27(15-17-29)38-23(2)42)44-36(45-34(22)25-12-10-24(20-41)11-13-25)26-6-5-7-28(18-26)39-35(43)32-19-37-30-8-3-4-9-31(30)40-32/h3-19,22,33-34,36,41H,20-21H2,1-2H3,(H,38,42)(H,39,43). The van der Waals surface area contributed by atoms with Gasteiger partial charge in [0, 0.05) is 40.4 Å². The molecule has 0 radical (unpaired) electrons. The molecule has 1 aromatic heterocycles. The number of anilines is 2. The van der Waals surface area contributed by atoms with Crippen LogP contribution in [0.5, 0.6) is 0 Å². The Balaban J connectivity index is 1.21. The summed E-state index contributed by atoms with van der Waals surface area (Å²) in [7, 11) is 0. The van der Waals surface area contributed by atoms with Gasteiger partial charge in [0.15, 0.2) is 6.29 Å². The van der Waals surface area contributed by atoms with Crippen molar-refractivity contribution in [3.05, 3.63) is 126 Å². The molecule has 0 spiro atoms. The molecule has 0 saturated carbocycles. The molecule has 1 fully saturated rings. The van der Waals surface area contributed by atoms with E-state index >= 15 is 0 Å². The van der Waals surface area contributed by atoms with Crippen molar-refractivity contribution < 1.29 is 24.2 Å². The van der Waals surface area contributed by atoms with Gasteiger partial charge in [-0.1, -0.05) is 55.5 Å². The predicted octanol–water partition coefficient (Wildman–Crippen LogP) is 6.92. The highest BCUT2D eigenvalue weighted by molar-refractivity contribution is 7.99. The minimum atomic E-state index is -0.691. The maximum Gasteiger partial charge on any atom is 0.275 e. The molecule has 9 nitrogen and oxygen atoms in total. The van der Waals surface area contributed by atoms with E-state index in [4.69, 9.17) is 9.47 Å². The van der Waals surface area contributed by atoms with Gasteiger partial charge >= 0.3 is 0 Å². The molecule has 2 amide bonds. The number of para-hydroxylation sites is 2. The lowest BCUT2D eigenvalue weighted by molar-refractivity contribution is -0.268. The van der Waals surface area contributed by atoms with Gasteiger partial charge in [0.05, 0.1) is 36.0 Å². The predicted molar refractivity (Wildman–Crippen MR) is 178 cm³/mol.